The van der Waals surface area contributed by atoms with E-state index in [0.29, 0.717) is 11.8 Å². The molecule has 0 radical (unpaired) electrons. The van der Waals surface area contributed by atoms with Crippen LogP contribution in [0.25, 0.3) is 0 Å². The number of aryl methyl sites for hydroxylation is 1. The number of nitrogens with zero attached hydrogens (tertiary/aromatic N) is 1. The lowest BCUT2D eigenvalue weighted by atomic mass is 10.1. The van der Waals surface area contributed by atoms with E-state index in [0.717, 1.165) is 0 Å². The van der Waals surface area contributed by atoms with Crippen molar-refractivity contribution in [3.8, 4) is 0 Å². The molecule has 12 heavy (non-hydrogen) atoms. The number of pyridine rings is 1. The normalized spacial score (nSPS) is 10.3. The molecule has 1 aromatic heterocycles. The number of halogens is 2. The van der Waals surface area contributed by atoms with Gasteiger partial charge in [0.1, 0.15) is 5.69 Å². The van der Waals surface area contributed by atoms with Crippen molar-refractivity contribution in [1.29, 1.82) is 0 Å². The third-order valence-corrected chi connectivity index (χ3v) is 1.42. The molecule has 0 atom stereocenters. The van der Waals surface area contributed by atoms with Gasteiger partial charge in [0.05, 0.1) is 0 Å². The third-order valence-electron chi connectivity index (χ3n) is 1.42. The van der Waals surface area contributed by atoms with E-state index in [1.54, 1.807) is 6.92 Å². The summed E-state index contributed by atoms with van der Waals surface area (Å²) in [6, 6.07) is 1.39. The van der Waals surface area contributed by atoms with Crippen LogP contribution in [0.4, 0.5) is 8.78 Å². The van der Waals surface area contributed by atoms with Crippen molar-refractivity contribution in [3.63, 3.8) is 0 Å². The lowest BCUT2D eigenvalue weighted by Crippen LogP contribution is -1.97. The second kappa shape index (κ2) is 3.38. The minimum atomic E-state index is -2.69. The van der Waals surface area contributed by atoms with Crippen molar-refractivity contribution in [2.75, 3.05) is 0 Å². The van der Waals surface area contributed by atoms with Crippen LogP contribution in [0.3, 0.4) is 0 Å². The van der Waals surface area contributed by atoms with Gasteiger partial charge in [0.2, 0.25) is 0 Å². The molecule has 4 heteroatoms. The van der Waals surface area contributed by atoms with Crippen LogP contribution in [0, 0.1) is 6.92 Å². The third kappa shape index (κ3) is 1.64. The van der Waals surface area contributed by atoms with E-state index in [2.05, 4.69) is 4.98 Å². The number of aldehydes is 1. The van der Waals surface area contributed by atoms with Crippen LogP contribution in [-0.2, 0) is 0 Å². The number of carbonyl (C=O) groups excluding carboxylic acids is 1. The minimum Gasteiger partial charge on any atom is -0.298 e. The average Bonchev–Trinajstić information content (AvgIpc) is 2.03. The highest BCUT2D eigenvalue weighted by Gasteiger charge is 2.13. The van der Waals surface area contributed by atoms with Gasteiger partial charge in [-0.25, -0.2) is 8.78 Å². The van der Waals surface area contributed by atoms with Crippen LogP contribution >= 0.6 is 0 Å². The molecule has 0 aliphatic heterocycles. The predicted molar refractivity (Wildman–Crippen MR) is 39.3 cm³/mol. The van der Waals surface area contributed by atoms with Crippen molar-refractivity contribution in [2.24, 2.45) is 0 Å². The zero-order chi connectivity index (χ0) is 9.14. The molecule has 1 aromatic rings. The number of aromatic nitrogens is 1. The van der Waals surface area contributed by atoms with Crippen molar-refractivity contribution in [2.45, 2.75) is 13.3 Å². The zero-order valence-electron chi connectivity index (χ0n) is 6.42. The minimum absolute atomic E-state index is 0.0370. The molecule has 2 nitrogen and oxygen atoms in total. The van der Waals surface area contributed by atoms with Gasteiger partial charge >= 0.3 is 0 Å². The molecule has 0 amide bonds. The molecule has 0 fully saturated rings. The SMILES string of the molecule is Cc1cnc(C(F)F)c(C=O)c1. The molecule has 1 rings (SSSR count). The lowest BCUT2D eigenvalue weighted by Gasteiger charge is -2.02. The van der Waals surface area contributed by atoms with Gasteiger partial charge in [0, 0.05) is 11.8 Å². The number of carbonyl (C=O) groups is 1. The first kappa shape index (κ1) is 8.77. The standard InChI is InChI=1S/C8H7F2NO/c1-5-2-6(4-12)7(8(9)10)11-3-5/h2-4,8H,1H3. The Hall–Kier alpha value is -1.32. The fourth-order valence-corrected chi connectivity index (χ4v) is 0.879. The summed E-state index contributed by atoms with van der Waals surface area (Å²) >= 11 is 0. The van der Waals surface area contributed by atoms with Gasteiger partial charge in [-0.2, -0.15) is 0 Å². The van der Waals surface area contributed by atoms with E-state index in [-0.39, 0.29) is 5.56 Å². The van der Waals surface area contributed by atoms with Crippen molar-refractivity contribution >= 4 is 6.29 Å². The molecule has 0 saturated heterocycles. The maximum atomic E-state index is 12.1. The molecule has 64 valence electrons. The van der Waals surface area contributed by atoms with Crippen LogP contribution in [0.1, 0.15) is 28.0 Å². The highest BCUT2D eigenvalue weighted by Crippen LogP contribution is 2.19. The quantitative estimate of drug-likeness (QED) is 0.638. The van der Waals surface area contributed by atoms with E-state index >= 15 is 0 Å². The lowest BCUT2D eigenvalue weighted by molar-refractivity contribution is 0.110. The molecule has 0 aromatic carbocycles. The first-order valence-corrected chi connectivity index (χ1v) is 3.35. The van der Waals surface area contributed by atoms with Crippen molar-refractivity contribution in [3.05, 3.63) is 29.1 Å². The Kier molecular flexibility index (Phi) is 2.47. The van der Waals surface area contributed by atoms with Gasteiger partial charge in [-0.05, 0) is 18.6 Å². The van der Waals surface area contributed by atoms with Crippen LogP contribution in [0.2, 0.25) is 0 Å². The van der Waals surface area contributed by atoms with E-state index < -0.39 is 12.1 Å². The highest BCUT2D eigenvalue weighted by molar-refractivity contribution is 5.76. The Morgan fingerprint density at radius 1 is 1.58 bits per heavy atom. The molecule has 0 spiro atoms. The number of alkyl halides is 2. The van der Waals surface area contributed by atoms with Crippen LogP contribution in [0.5, 0.6) is 0 Å². The fourth-order valence-electron chi connectivity index (χ4n) is 0.879. The van der Waals surface area contributed by atoms with Gasteiger partial charge in [-0.1, -0.05) is 0 Å². The summed E-state index contributed by atoms with van der Waals surface area (Å²) < 4.78 is 24.2. The Morgan fingerprint density at radius 2 is 2.25 bits per heavy atom. The zero-order valence-corrected chi connectivity index (χ0v) is 6.42. The largest absolute Gasteiger partial charge is 0.298 e. The van der Waals surface area contributed by atoms with Gasteiger partial charge in [0.25, 0.3) is 6.43 Å². The Bertz CT molecular complexity index is 299. The fraction of sp³-hybridized carbons (Fsp3) is 0.250. The number of hydrogen-bond donors (Lipinski definition) is 0. The van der Waals surface area contributed by atoms with Gasteiger partial charge in [-0.3, -0.25) is 9.78 Å². The number of hydrogen-bond acceptors (Lipinski definition) is 2. The second-order valence-corrected chi connectivity index (χ2v) is 2.41. The van der Waals surface area contributed by atoms with E-state index in [9.17, 15) is 13.6 Å². The Balaban J connectivity index is 3.20. The monoisotopic (exact) mass is 171 g/mol. The van der Waals surface area contributed by atoms with E-state index in [1.165, 1.54) is 12.3 Å². The summed E-state index contributed by atoms with van der Waals surface area (Å²) in [4.78, 5) is 13.8. The number of rotatable bonds is 2. The summed E-state index contributed by atoms with van der Waals surface area (Å²) in [6.45, 7) is 1.69. The predicted octanol–water partition coefficient (Wildman–Crippen LogP) is 2.14. The summed E-state index contributed by atoms with van der Waals surface area (Å²) in [5.74, 6) is 0. The summed E-state index contributed by atoms with van der Waals surface area (Å²) in [5.41, 5.74) is 0.210. The summed E-state index contributed by atoms with van der Waals surface area (Å²) in [7, 11) is 0. The second-order valence-electron chi connectivity index (χ2n) is 2.41. The molecule has 0 N–H and O–H groups in total. The Labute approximate surface area is 68.2 Å². The van der Waals surface area contributed by atoms with E-state index in [1.807, 2.05) is 0 Å². The molecular weight excluding hydrogens is 164 g/mol. The first-order valence-electron chi connectivity index (χ1n) is 3.35. The first-order chi connectivity index (χ1) is 5.65. The van der Waals surface area contributed by atoms with Gasteiger partial charge in [-0.15, -0.1) is 0 Å². The van der Waals surface area contributed by atoms with Crippen LogP contribution in [-0.4, -0.2) is 11.3 Å². The molecule has 0 bridgehead atoms. The van der Waals surface area contributed by atoms with Crippen LogP contribution < -0.4 is 0 Å². The molecule has 1 heterocycles. The topological polar surface area (TPSA) is 30.0 Å². The molecular formula is C8H7F2NO. The molecule has 0 saturated carbocycles. The highest BCUT2D eigenvalue weighted by atomic mass is 19.3. The maximum Gasteiger partial charge on any atom is 0.281 e. The maximum absolute atomic E-state index is 12.1. The smallest absolute Gasteiger partial charge is 0.281 e. The van der Waals surface area contributed by atoms with Gasteiger partial charge in [0.15, 0.2) is 6.29 Å². The summed E-state index contributed by atoms with van der Waals surface area (Å²) in [6.07, 6.45) is -0.985. The Morgan fingerprint density at radius 3 is 2.75 bits per heavy atom. The van der Waals surface area contributed by atoms with Gasteiger partial charge < -0.3 is 0 Å². The molecule has 0 unspecified atom stereocenters. The molecule has 0 aliphatic rings. The van der Waals surface area contributed by atoms with Crippen LogP contribution in [0.15, 0.2) is 12.3 Å². The molecule has 0 aliphatic carbocycles. The summed E-state index contributed by atoms with van der Waals surface area (Å²) in [5, 5.41) is 0. The average molecular weight is 171 g/mol. The van der Waals surface area contributed by atoms with E-state index in [4.69, 9.17) is 0 Å². The van der Waals surface area contributed by atoms with Crippen molar-refractivity contribution in [1.82, 2.24) is 4.98 Å². The van der Waals surface area contributed by atoms with Crippen molar-refractivity contribution < 1.29 is 13.6 Å².